The summed E-state index contributed by atoms with van der Waals surface area (Å²) in [6, 6.07) is 0.503. The lowest BCUT2D eigenvalue weighted by Gasteiger charge is -2.16. The molecule has 0 heterocycles. The zero-order chi connectivity index (χ0) is 11.1. The van der Waals surface area contributed by atoms with Gasteiger partial charge in [-0.05, 0) is 17.1 Å². The highest BCUT2D eigenvalue weighted by atomic mass is 14.9. The van der Waals surface area contributed by atoms with Crippen LogP contribution in [0.4, 0.5) is 0 Å². The highest BCUT2D eigenvalue weighted by Gasteiger charge is 2.06. The Morgan fingerprint density at radius 2 is 1.93 bits per heavy atom. The Balaban J connectivity index is 0. The largest absolute Gasteiger partial charge is 0.310 e. The number of hydrogen-bond donors (Lipinski definition) is 1. The Hall–Kier alpha value is -0.820. The number of allylic oxidation sites excluding steroid dienone is 2. The van der Waals surface area contributed by atoms with E-state index in [1.807, 2.05) is 12.2 Å². The minimum Gasteiger partial charge on any atom is -0.310 e. The number of nitrogens with one attached hydrogen (secondary N) is 1. The molecule has 0 aliphatic heterocycles. The van der Waals surface area contributed by atoms with Crippen LogP contribution in [0.5, 0.6) is 0 Å². The Kier molecular flexibility index (Phi) is 6.22. The van der Waals surface area contributed by atoms with Crippen LogP contribution in [0.15, 0.2) is 36.5 Å². The van der Waals surface area contributed by atoms with E-state index >= 15 is 0 Å². The van der Waals surface area contributed by atoms with Crippen molar-refractivity contribution in [3.05, 3.63) is 36.5 Å². The molecule has 0 fully saturated rings. The molecule has 0 saturated carbocycles. The average Bonchev–Trinajstić information content (AvgIpc) is 2.10. The summed E-state index contributed by atoms with van der Waals surface area (Å²) in [7, 11) is 0. The molecule has 0 amide bonds. The molecule has 0 unspecified atom stereocenters. The smallest absolute Gasteiger partial charge is 0.0210 e. The third-order valence-electron chi connectivity index (χ3n) is 2.13. The van der Waals surface area contributed by atoms with Crippen molar-refractivity contribution >= 4 is 0 Å². The molecule has 0 aromatic rings. The quantitative estimate of drug-likeness (QED) is 0.639. The molecule has 0 aliphatic carbocycles. The second-order valence-corrected chi connectivity index (χ2v) is 4.14. The molecular formula is C13H25N. The monoisotopic (exact) mass is 195 g/mol. The van der Waals surface area contributed by atoms with E-state index in [0.717, 1.165) is 6.54 Å². The second-order valence-electron chi connectivity index (χ2n) is 4.14. The van der Waals surface area contributed by atoms with Gasteiger partial charge in [0, 0.05) is 14.0 Å². The van der Waals surface area contributed by atoms with Gasteiger partial charge in [0.15, 0.2) is 0 Å². The van der Waals surface area contributed by atoms with Crippen molar-refractivity contribution < 1.29 is 1.43 Å². The van der Waals surface area contributed by atoms with Crippen molar-refractivity contribution in [1.29, 1.82) is 0 Å². The first-order valence-corrected chi connectivity index (χ1v) is 5.23. The molecule has 1 heteroatoms. The van der Waals surface area contributed by atoms with Gasteiger partial charge in [0.05, 0.1) is 0 Å². The van der Waals surface area contributed by atoms with Crippen LogP contribution in [0.2, 0.25) is 0 Å². The first-order valence-electron chi connectivity index (χ1n) is 5.23. The fraction of sp³-hybridized carbons (Fsp3) is 0.538. The van der Waals surface area contributed by atoms with E-state index in [-0.39, 0.29) is 1.43 Å². The van der Waals surface area contributed by atoms with Crippen LogP contribution in [0.25, 0.3) is 0 Å². The second kappa shape index (κ2) is 6.61. The summed E-state index contributed by atoms with van der Waals surface area (Å²) < 4.78 is 0. The van der Waals surface area contributed by atoms with Crippen LogP contribution >= 0.6 is 0 Å². The Bertz CT molecular complexity index is 227. The van der Waals surface area contributed by atoms with Gasteiger partial charge in [-0.15, -0.1) is 0 Å². The zero-order valence-corrected chi connectivity index (χ0v) is 9.93. The van der Waals surface area contributed by atoms with Gasteiger partial charge < -0.3 is 5.32 Å². The maximum atomic E-state index is 4.10. The number of hydrogen-bond acceptors (Lipinski definition) is 1. The molecule has 14 heavy (non-hydrogen) atoms. The molecule has 0 aliphatic rings. The van der Waals surface area contributed by atoms with Gasteiger partial charge in [-0.2, -0.15) is 0 Å². The molecular weight excluding hydrogens is 170 g/mol. The van der Waals surface area contributed by atoms with Crippen LogP contribution in [-0.2, 0) is 0 Å². The third kappa shape index (κ3) is 5.03. The first-order chi connectivity index (χ1) is 6.49. The van der Waals surface area contributed by atoms with Crippen molar-refractivity contribution in [2.45, 2.75) is 33.7 Å². The highest BCUT2D eigenvalue weighted by Crippen LogP contribution is 2.16. The summed E-state index contributed by atoms with van der Waals surface area (Å²) >= 11 is 0. The van der Waals surface area contributed by atoms with Crippen molar-refractivity contribution in [3.8, 4) is 0 Å². The molecule has 0 saturated heterocycles. The predicted molar refractivity (Wildman–Crippen MR) is 67.5 cm³/mol. The molecule has 0 rings (SSSR count). The van der Waals surface area contributed by atoms with Gasteiger partial charge >= 0.3 is 0 Å². The molecule has 1 N–H and O–H groups in total. The van der Waals surface area contributed by atoms with Gasteiger partial charge in [0.25, 0.3) is 0 Å². The van der Waals surface area contributed by atoms with E-state index in [2.05, 4.69) is 46.2 Å². The van der Waals surface area contributed by atoms with Crippen LogP contribution < -0.4 is 5.32 Å². The Labute approximate surface area is 90.1 Å². The first kappa shape index (κ1) is 13.2. The minimum absolute atomic E-state index is 0. The lowest BCUT2D eigenvalue weighted by molar-refractivity contribution is 0.616. The van der Waals surface area contributed by atoms with Crippen LogP contribution in [0.1, 0.15) is 29.1 Å². The summed E-state index contributed by atoms with van der Waals surface area (Å²) in [5.41, 5.74) is 2.45. The van der Waals surface area contributed by atoms with Gasteiger partial charge in [-0.3, -0.25) is 0 Å². The van der Waals surface area contributed by atoms with E-state index in [1.54, 1.807) is 0 Å². The summed E-state index contributed by atoms with van der Waals surface area (Å²) in [6.45, 7) is 17.3. The predicted octanol–water partition coefficient (Wildman–Crippen LogP) is 3.56. The normalized spacial score (nSPS) is 12.3. The lowest BCUT2D eigenvalue weighted by atomic mass is 9.96. The third-order valence-corrected chi connectivity index (χ3v) is 2.13. The number of rotatable bonds is 6. The van der Waals surface area contributed by atoms with E-state index < -0.39 is 0 Å². The van der Waals surface area contributed by atoms with E-state index in [0.29, 0.717) is 12.0 Å². The molecule has 0 bridgehead atoms. The topological polar surface area (TPSA) is 12.0 Å². The summed E-state index contributed by atoms with van der Waals surface area (Å²) in [5, 5.41) is 3.39. The molecule has 0 radical (unpaired) electrons. The van der Waals surface area contributed by atoms with Gasteiger partial charge in [-0.25, -0.2) is 0 Å². The van der Waals surface area contributed by atoms with Crippen molar-refractivity contribution in [2.75, 3.05) is 6.54 Å². The molecule has 0 aromatic heterocycles. The van der Waals surface area contributed by atoms with Crippen LogP contribution in [-0.4, -0.2) is 12.6 Å². The van der Waals surface area contributed by atoms with Crippen LogP contribution in [0.3, 0.4) is 0 Å². The minimum atomic E-state index is 0. The van der Waals surface area contributed by atoms with Crippen LogP contribution in [0, 0.1) is 5.92 Å². The van der Waals surface area contributed by atoms with E-state index in [1.165, 1.54) is 11.1 Å². The molecule has 0 spiro atoms. The molecule has 82 valence electrons. The molecule has 0 atom stereocenters. The van der Waals surface area contributed by atoms with Gasteiger partial charge in [0.2, 0.25) is 0 Å². The zero-order valence-electron chi connectivity index (χ0n) is 9.93. The Morgan fingerprint density at radius 1 is 1.36 bits per heavy atom. The molecule has 1 nitrogen and oxygen atoms in total. The Morgan fingerprint density at radius 3 is 2.29 bits per heavy atom. The van der Waals surface area contributed by atoms with E-state index in [9.17, 15) is 0 Å². The highest BCUT2D eigenvalue weighted by molar-refractivity contribution is 5.33. The summed E-state index contributed by atoms with van der Waals surface area (Å²) in [5.74, 6) is 0.496. The van der Waals surface area contributed by atoms with Crippen molar-refractivity contribution in [1.82, 2.24) is 5.32 Å². The van der Waals surface area contributed by atoms with Gasteiger partial charge in [-0.1, -0.05) is 53.0 Å². The molecule has 0 aromatic carbocycles. The lowest BCUT2D eigenvalue weighted by Crippen LogP contribution is -2.25. The average molecular weight is 195 g/mol. The van der Waals surface area contributed by atoms with Gasteiger partial charge in [0.1, 0.15) is 0 Å². The summed E-state index contributed by atoms with van der Waals surface area (Å²) in [6.07, 6.45) is 3.86. The fourth-order valence-electron chi connectivity index (χ4n) is 1.11. The fourth-order valence-corrected chi connectivity index (χ4v) is 1.11. The van der Waals surface area contributed by atoms with E-state index in [4.69, 9.17) is 0 Å². The SMILES string of the molecule is C=C/C=C(/CNC(C)C)C(=C)C(C)C.[HH]. The van der Waals surface area contributed by atoms with Crippen molar-refractivity contribution in [3.63, 3.8) is 0 Å². The maximum absolute atomic E-state index is 4.10. The standard InChI is InChI=1S/C13H23N.H2/c1-7-8-13(9-14-11(4)5)12(6)10(2)3;/h7-8,10-11,14H,1,6,9H2,2-5H3;1H/b13-8-;. The maximum Gasteiger partial charge on any atom is 0.0210 e. The van der Waals surface area contributed by atoms with Crippen molar-refractivity contribution in [2.24, 2.45) is 5.92 Å². The summed E-state index contributed by atoms with van der Waals surface area (Å²) in [4.78, 5) is 0.